The first-order chi connectivity index (χ1) is 8.16. The predicted octanol–water partition coefficient (Wildman–Crippen LogP) is 4.15. The largest absolute Gasteiger partial charge is 0.299 e. The number of aryl methyl sites for hydroxylation is 1. The summed E-state index contributed by atoms with van der Waals surface area (Å²) in [6.07, 6.45) is 4.01. The lowest BCUT2D eigenvalue weighted by Crippen LogP contribution is -2.39. The van der Waals surface area contributed by atoms with Gasteiger partial charge in [0.25, 0.3) is 0 Å². The van der Waals surface area contributed by atoms with E-state index in [9.17, 15) is 0 Å². The van der Waals surface area contributed by atoms with Crippen LogP contribution in [-0.2, 0) is 0 Å². The maximum atomic E-state index is 6.52. The van der Waals surface area contributed by atoms with Gasteiger partial charge in [0.1, 0.15) is 0 Å². The van der Waals surface area contributed by atoms with Gasteiger partial charge >= 0.3 is 0 Å². The van der Waals surface area contributed by atoms with Gasteiger partial charge in [-0.3, -0.25) is 4.90 Å². The Morgan fingerprint density at radius 2 is 2.00 bits per heavy atom. The van der Waals surface area contributed by atoms with Gasteiger partial charge in [-0.1, -0.05) is 36.2 Å². The Morgan fingerprint density at radius 3 is 2.65 bits per heavy atom. The summed E-state index contributed by atoms with van der Waals surface area (Å²) in [6, 6.07) is 9.29. The Labute approximate surface area is 110 Å². The standard InChI is InChI=1S/C15H22ClN/c1-12-6-8-14(9-7-12)15(16)11-17-10-4-3-5-13(17)2/h6-9,13,15H,3-5,10-11H2,1-2H3. The highest BCUT2D eigenvalue weighted by molar-refractivity contribution is 6.21. The maximum Gasteiger partial charge on any atom is 0.0712 e. The summed E-state index contributed by atoms with van der Waals surface area (Å²) in [5, 5.41) is 0.121. The van der Waals surface area contributed by atoms with Crippen LogP contribution in [0.3, 0.4) is 0 Å². The summed E-state index contributed by atoms with van der Waals surface area (Å²) >= 11 is 6.52. The number of rotatable bonds is 3. The van der Waals surface area contributed by atoms with Crippen LogP contribution in [0.15, 0.2) is 24.3 Å². The van der Waals surface area contributed by atoms with E-state index in [1.165, 1.54) is 36.9 Å². The molecule has 0 bridgehead atoms. The lowest BCUT2D eigenvalue weighted by molar-refractivity contribution is 0.161. The van der Waals surface area contributed by atoms with Crippen molar-refractivity contribution in [2.75, 3.05) is 13.1 Å². The minimum atomic E-state index is 0.121. The second-order valence-corrected chi connectivity index (χ2v) is 5.74. The molecule has 1 saturated heterocycles. The summed E-state index contributed by atoms with van der Waals surface area (Å²) < 4.78 is 0. The van der Waals surface area contributed by atoms with Gasteiger partial charge in [0.05, 0.1) is 5.38 Å². The molecule has 2 rings (SSSR count). The van der Waals surface area contributed by atoms with Crippen LogP contribution in [0.25, 0.3) is 0 Å². The first-order valence-electron chi connectivity index (χ1n) is 6.61. The van der Waals surface area contributed by atoms with E-state index in [1.54, 1.807) is 0 Å². The molecule has 0 spiro atoms. The fourth-order valence-electron chi connectivity index (χ4n) is 2.52. The predicted molar refractivity (Wildman–Crippen MR) is 74.7 cm³/mol. The lowest BCUT2D eigenvalue weighted by Gasteiger charge is -2.34. The molecule has 17 heavy (non-hydrogen) atoms. The molecule has 1 aromatic rings. The summed E-state index contributed by atoms with van der Waals surface area (Å²) in [4.78, 5) is 2.53. The molecule has 0 radical (unpaired) electrons. The van der Waals surface area contributed by atoms with Crippen molar-refractivity contribution in [3.63, 3.8) is 0 Å². The second-order valence-electron chi connectivity index (χ2n) is 5.22. The molecule has 1 heterocycles. The third-order valence-corrected chi connectivity index (χ3v) is 4.16. The Kier molecular flexibility index (Phi) is 4.47. The Hall–Kier alpha value is -0.530. The van der Waals surface area contributed by atoms with Crippen molar-refractivity contribution in [3.8, 4) is 0 Å². The minimum Gasteiger partial charge on any atom is -0.299 e. The van der Waals surface area contributed by atoms with Crippen molar-refractivity contribution < 1.29 is 0 Å². The normalized spacial score (nSPS) is 23.6. The molecule has 1 aliphatic rings. The summed E-state index contributed by atoms with van der Waals surface area (Å²) in [5.41, 5.74) is 2.54. The molecule has 2 unspecified atom stereocenters. The van der Waals surface area contributed by atoms with Crippen LogP contribution in [0.5, 0.6) is 0 Å². The molecule has 0 aromatic heterocycles. The number of halogens is 1. The van der Waals surface area contributed by atoms with E-state index in [-0.39, 0.29) is 5.38 Å². The summed E-state index contributed by atoms with van der Waals surface area (Å²) in [7, 11) is 0. The van der Waals surface area contributed by atoms with E-state index in [4.69, 9.17) is 11.6 Å². The van der Waals surface area contributed by atoms with E-state index in [0.29, 0.717) is 6.04 Å². The monoisotopic (exact) mass is 251 g/mol. The molecule has 0 amide bonds. The molecular formula is C15H22ClN. The lowest BCUT2D eigenvalue weighted by atomic mass is 10.0. The van der Waals surface area contributed by atoms with Gasteiger partial charge in [-0.15, -0.1) is 11.6 Å². The average Bonchev–Trinajstić information content (AvgIpc) is 2.33. The summed E-state index contributed by atoms with van der Waals surface area (Å²) in [6.45, 7) is 6.61. The van der Waals surface area contributed by atoms with Crippen LogP contribution in [0.2, 0.25) is 0 Å². The Morgan fingerprint density at radius 1 is 1.29 bits per heavy atom. The highest BCUT2D eigenvalue weighted by atomic mass is 35.5. The van der Waals surface area contributed by atoms with Crippen molar-refractivity contribution in [3.05, 3.63) is 35.4 Å². The van der Waals surface area contributed by atoms with Gasteiger partial charge in [-0.05, 0) is 38.8 Å². The number of alkyl halides is 1. The first-order valence-corrected chi connectivity index (χ1v) is 7.05. The number of benzene rings is 1. The van der Waals surface area contributed by atoms with E-state index < -0.39 is 0 Å². The average molecular weight is 252 g/mol. The van der Waals surface area contributed by atoms with E-state index >= 15 is 0 Å². The Balaban J connectivity index is 1.95. The van der Waals surface area contributed by atoms with Crippen molar-refractivity contribution in [2.45, 2.75) is 44.5 Å². The van der Waals surface area contributed by atoms with Crippen LogP contribution in [-0.4, -0.2) is 24.0 Å². The molecule has 1 nitrogen and oxygen atoms in total. The molecule has 0 aliphatic carbocycles. The molecule has 2 atom stereocenters. The second kappa shape index (κ2) is 5.88. The highest BCUT2D eigenvalue weighted by Gasteiger charge is 2.21. The number of nitrogens with zero attached hydrogens (tertiary/aromatic N) is 1. The molecule has 94 valence electrons. The number of piperidine rings is 1. The zero-order valence-corrected chi connectivity index (χ0v) is 11.6. The first kappa shape index (κ1) is 12.9. The van der Waals surface area contributed by atoms with Gasteiger partial charge in [0, 0.05) is 12.6 Å². The van der Waals surface area contributed by atoms with Gasteiger partial charge in [-0.2, -0.15) is 0 Å². The molecule has 0 N–H and O–H groups in total. The number of hydrogen-bond donors (Lipinski definition) is 0. The van der Waals surface area contributed by atoms with E-state index in [0.717, 1.165) is 6.54 Å². The van der Waals surface area contributed by atoms with Crippen molar-refractivity contribution >= 4 is 11.6 Å². The maximum absolute atomic E-state index is 6.52. The van der Waals surface area contributed by atoms with Crippen LogP contribution >= 0.6 is 11.6 Å². The van der Waals surface area contributed by atoms with E-state index in [2.05, 4.69) is 43.0 Å². The molecular weight excluding hydrogens is 230 g/mol. The Bertz CT molecular complexity index is 346. The summed E-state index contributed by atoms with van der Waals surface area (Å²) in [5.74, 6) is 0. The van der Waals surface area contributed by atoms with Crippen molar-refractivity contribution in [1.82, 2.24) is 4.90 Å². The van der Waals surface area contributed by atoms with Crippen LogP contribution in [0.1, 0.15) is 42.7 Å². The van der Waals surface area contributed by atoms with Crippen LogP contribution in [0, 0.1) is 6.92 Å². The fourth-order valence-corrected chi connectivity index (χ4v) is 2.84. The minimum absolute atomic E-state index is 0.121. The zero-order valence-electron chi connectivity index (χ0n) is 10.8. The van der Waals surface area contributed by atoms with Crippen molar-refractivity contribution in [2.24, 2.45) is 0 Å². The molecule has 1 aromatic carbocycles. The molecule has 1 aliphatic heterocycles. The van der Waals surface area contributed by atoms with Gasteiger partial charge in [0.15, 0.2) is 0 Å². The van der Waals surface area contributed by atoms with Gasteiger partial charge in [-0.25, -0.2) is 0 Å². The zero-order chi connectivity index (χ0) is 12.3. The number of hydrogen-bond acceptors (Lipinski definition) is 1. The topological polar surface area (TPSA) is 3.24 Å². The quantitative estimate of drug-likeness (QED) is 0.730. The SMILES string of the molecule is Cc1ccc(C(Cl)CN2CCCCC2C)cc1. The third kappa shape index (κ3) is 3.46. The molecule has 0 saturated carbocycles. The fraction of sp³-hybridized carbons (Fsp3) is 0.600. The van der Waals surface area contributed by atoms with Crippen molar-refractivity contribution in [1.29, 1.82) is 0 Å². The molecule has 1 fully saturated rings. The van der Waals surface area contributed by atoms with Gasteiger partial charge in [0.2, 0.25) is 0 Å². The van der Waals surface area contributed by atoms with Gasteiger partial charge < -0.3 is 0 Å². The molecule has 2 heteroatoms. The van der Waals surface area contributed by atoms with Crippen LogP contribution < -0.4 is 0 Å². The highest BCUT2D eigenvalue weighted by Crippen LogP contribution is 2.25. The smallest absolute Gasteiger partial charge is 0.0712 e. The third-order valence-electron chi connectivity index (χ3n) is 3.77. The van der Waals surface area contributed by atoms with Crippen LogP contribution in [0.4, 0.5) is 0 Å². The van der Waals surface area contributed by atoms with E-state index in [1.807, 2.05) is 0 Å². The number of likely N-dealkylation sites (tertiary alicyclic amines) is 1.